The Hall–Kier alpha value is -1.70. The van der Waals surface area contributed by atoms with Crippen molar-refractivity contribution in [3.63, 3.8) is 0 Å². The van der Waals surface area contributed by atoms with E-state index >= 15 is 0 Å². The quantitative estimate of drug-likeness (QED) is 0.900. The third kappa shape index (κ3) is 2.79. The number of sulfonamides is 1. The number of nitrogens with one attached hydrogen (secondary N) is 1. The molecule has 0 saturated heterocycles. The smallest absolute Gasteiger partial charge is 0.262 e. The van der Waals surface area contributed by atoms with Crippen molar-refractivity contribution in [3.8, 4) is 0 Å². The van der Waals surface area contributed by atoms with Crippen molar-refractivity contribution in [3.05, 3.63) is 51.9 Å². The number of amides is 1. The van der Waals surface area contributed by atoms with Crippen molar-refractivity contribution < 1.29 is 13.2 Å². The number of carbonyl (C=O) groups is 1. The Morgan fingerprint density at radius 3 is 2.77 bits per heavy atom. The molecule has 1 aliphatic carbocycles. The number of benzene rings is 1. The maximum absolute atomic E-state index is 12.4. The van der Waals surface area contributed by atoms with Gasteiger partial charge < -0.3 is 5.32 Å². The van der Waals surface area contributed by atoms with E-state index in [0.717, 1.165) is 29.7 Å². The Bertz CT molecular complexity index is 840. The molecule has 1 amide bonds. The summed E-state index contributed by atoms with van der Waals surface area (Å²) in [7, 11) is -3.78. The fourth-order valence-electron chi connectivity index (χ4n) is 2.75. The van der Waals surface area contributed by atoms with Gasteiger partial charge in [0.1, 0.15) is 4.21 Å². The lowest BCUT2D eigenvalue weighted by molar-refractivity contribution is 0.0940. The Morgan fingerprint density at radius 1 is 1.36 bits per heavy atom. The highest BCUT2D eigenvalue weighted by Gasteiger charge is 2.26. The summed E-state index contributed by atoms with van der Waals surface area (Å²) < 4.78 is 22.8. The van der Waals surface area contributed by atoms with Crippen LogP contribution in [0.5, 0.6) is 0 Å². The number of thiophene rings is 1. The van der Waals surface area contributed by atoms with E-state index in [9.17, 15) is 13.2 Å². The summed E-state index contributed by atoms with van der Waals surface area (Å²) in [4.78, 5) is 12.8. The number of carbonyl (C=O) groups excluding carboxylic acids is 1. The molecular weight excluding hydrogens is 320 g/mol. The van der Waals surface area contributed by atoms with Crippen LogP contribution < -0.4 is 10.5 Å². The molecule has 0 bridgehead atoms. The molecule has 0 saturated carbocycles. The molecule has 0 fully saturated rings. The average molecular weight is 336 g/mol. The number of nitrogens with two attached hydrogens (primary N) is 1. The molecule has 0 radical (unpaired) electrons. The van der Waals surface area contributed by atoms with Crippen molar-refractivity contribution in [2.75, 3.05) is 0 Å². The van der Waals surface area contributed by atoms with Crippen LogP contribution >= 0.6 is 11.3 Å². The molecule has 1 atom stereocenters. The molecule has 22 heavy (non-hydrogen) atoms. The fourth-order valence-corrected chi connectivity index (χ4v) is 4.61. The summed E-state index contributed by atoms with van der Waals surface area (Å²) in [5, 5.41) is 8.11. The molecule has 2 aromatic rings. The normalized spacial score (nSPS) is 17.3. The van der Waals surface area contributed by atoms with E-state index in [1.165, 1.54) is 11.6 Å². The Balaban J connectivity index is 1.83. The highest BCUT2D eigenvalue weighted by atomic mass is 32.2. The molecule has 7 heteroatoms. The topological polar surface area (TPSA) is 89.3 Å². The van der Waals surface area contributed by atoms with Gasteiger partial charge in [0.05, 0.1) is 10.9 Å². The van der Waals surface area contributed by atoms with E-state index in [0.29, 0.717) is 10.4 Å². The molecule has 0 unspecified atom stereocenters. The second-order valence-corrected chi connectivity index (χ2v) is 8.23. The van der Waals surface area contributed by atoms with E-state index in [-0.39, 0.29) is 16.2 Å². The SMILES string of the molecule is Cc1cc(S(N)(=O)=O)sc1C(=O)N[C@@H]1CCc2ccccc21. The summed E-state index contributed by atoms with van der Waals surface area (Å²) in [5.41, 5.74) is 3.01. The number of primary sulfonamides is 1. The van der Waals surface area contributed by atoms with E-state index in [1.54, 1.807) is 6.92 Å². The molecule has 0 spiro atoms. The van der Waals surface area contributed by atoms with Crippen molar-refractivity contribution in [1.29, 1.82) is 0 Å². The maximum atomic E-state index is 12.4. The molecule has 0 aliphatic heterocycles. The Kier molecular flexibility index (Phi) is 3.80. The lowest BCUT2D eigenvalue weighted by Gasteiger charge is -2.13. The average Bonchev–Trinajstić information content (AvgIpc) is 3.03. The van der Waals surface area contributed by atoms with Gasteiger partial charge in [0.15, 0.2) is 0 Å². The minimum atomic E-state index is -3.78. The monoisotopic (exact) mass is 336 g/mol. The molecule has 116 valence electrons. The number of aryl methyl sites for hydroxylation is 2. The lowest BCUT2D eigenvalue weighted by Crippen LogP contribution is -2.26. The predicted molar refractivity (Wildman–Crippen MR) is 85.4 cm³/mol. The minimum Gasteiger partial charge on any atom is -0.345 e. The zero-order valence-electron chi connectivity index (χ0n) is 12.0. The van der Waals surface area contributed by atoms with Gasteiger partial charge in [0.2, 0.25) is 10.0 Å². The van der Waals surface area contributed by atoms with E-state index in [4.69, 9.17) is 5.14 Å². The molecule has 3 N–H and O–H groups in total. The summed E-state index contributed by atoms with van der Waals surface area (Å²) >= 11 is 0.914. The Labute approximate surface area is 133 Å². The number of rotatable bonds is 3. The third-order valence-electron chi connectivity index (χ3n) is 3.82. The van der Waals surface area contributed by atoms with Crippen LogP contribution in [0, 0.1) is 6.92 Å². The second-order valence-electron chi connectivity index (χ2n) is 5.39. The van der Waals surface area contributed by atoms with Crippen LogP contribution in [-0.4, -0.2) is 14.3 Å². The van der Waals surface area contributed by atoms with E-state index < -0.39 is 10.0 Å². The number of hydrogen-bond donors (Lipinski definition) is 2. The van der Waals surface area contributed by atoms with Gasteiger partial charge in [-0.25, -0.2) is 13.6 Å². The van der Waals surface area contributed by atoms with Crippen LogP contribution in [0.1, 0.15) is 38.8 Å². The summed E-state index contributed by atoms with van der Waals surface area (Å²) in [6.45, 7) is 1.71. The molecule has 3 rings (SSSR count). The van der Waals surface area contributed by atoms with Gasteiger partial charge >= 0.3 is 0 Å². The largest absolute Gasteiger partial charge is 0.345 e. The van der Waals surface area contributed by atoms with E-state index in [2.05, 4.69) is 11.4 Å². The van der Waals surface area contributed by atoms with Gasteiger partial charge in [0.25, 0.3) is 5.91 Å². The van der Waals surface area contributed by atoms with Crippen LogP contribution in [0.25, 0.3) is 0 Å². The highest BCUT2D eigenvalue weighted by Crippen LogP contribution is 2.32. The zero-order chi connectivity index (χ0) is 15.9. The van der Waals surface area contributed by atoms with Gasteiger partial charge in [-0.05, 0) is 42.5 Å². The first kappa shape index (κ1) is 15.2. The van der Waals surface area contributed by atoms with Gasteiger partial charge in [0, 0.05) is 0 Å². The molecule has 1 aromatic carbocycles. The molecule has 1 heterocycles. The van der Waals surface area contributed by atoms with E-state index in [1.807, 2.05) is 18.2 Å². The minimum absolute atomic E-state index is 0.0157. The van der Waals surface area contributed by atoms with Crippen LogP contribution in [-0.2, 0) is 16.4 Å². The number of hydrogen-bond acceptors (Lipinski definition) is 4. The molecule has 1 aromatic heterocycles. The van der Waals surface area contributed by atoms with Crippen LogP contribution in [0.15, 0.2) is 34.5 Å². The molecule has 5 nitrogen and oxygen atoms in total. The first-order valence-corrected chi connectivity index (χ1v) is 9.24. The third-order valence-corrected chi connectivity index (χ3v) is 6.48. The van der Waals surface area contributed by atoms with Crippen molar-refractivity contribution >= 4 is 27.3 Å². The first-order chi connectivity index (χ1) is 10.4. The summed E-state index contributed by atoms with van der Waals surface area (Å²) in [6, 6.07) is 9.45. The van der Waals surface area contributed by atoms with Crippen LogP contribution in [0.3, 0.4) is 0 Å². The standard InChI is InChI=1S/C15H16N2O3S2/c1-9-8-13(22(16,19)20)21-14(9)15(18)17-12-7-6-10-4-2-3-5-11(10)12/h2-5,8,12H,6-7H2,1H3,(H,17,18)(H2,16,19,20)/t12-/m1/s1. The Morgan fingerprint density at radius 2 is 2.09 bits per heavy atom. The van der Waals surface area contributed by atoms with Crippen LogP contribution in [0.4, 0.5) is 0 Å². The zero-order valence-corrected chi connectivity index (χ0v) is 13.6. The first-order valence-electron chi connectivity index (χ1n) is 6.88. The van der Waals surface area contributed by atoms with Gasteiger partial charge in [-0.1, -0.05) is 24.3 Å². The molecular formula is C15H16N2O3S2. The lowest BCUT2D eigenvalue weighted by atomic mass is 10.1. The van der Waals surface area contributed by atoms with Gasteiger partial charge in [-0.15, -0.1) is 11.3 Å². The van der Waals surface area contributed by atoms with Crippen LogP contribution in [0.2, 0.25) is 0 Å². The molecule has 1 aliphatic rings. The van der Waals surface area contributed by atoms with Crippen molar-refractivity contribution in [2.45, 2.75) is 30.0 Å². The van der Waals surface area contributed by atoms with Crippen molar-refractivity contribution in [2.24, 2.45) is 5.14 Å². The van der Waals surface area contributed by atoms with Crippen molar-refractivity contribution in [1.82, 2.24) is 5.32 Å². The second kappa shape index (κ2) is 5.49. The fraction of sp³-hybridized carbons (Fsp3) is 0.267. The van der Waals surface area contributed by atoms with Gasteiger partial charge in [-0.3, -0.25) is 4.79 Å². The predicted octanol–water partition coefficient (Wildman–Crippen LogP) is 2.12. The maximum Gasteiger partial charge on any atom is 0.262 e. The van der Waals surface area contributed by atoms with Gasteiger partial charge in [-0.2, -0.15) is 0 Å². The summed E-state index contributed by atoms with van der Waals surface area (Å²) in [5.74, 6) is -0.251. The summed E-state index contributed by atoms with van der Waals surface area (Å²) in [6.07, 6.45) is 1.80. The highest BCUT2D eigenvalue weighted by molar-refractivity contribution is 7.91. The number of fused-ring (bicyclic) bond motifs is 1.